The van der Waals surface area contributed by atoms with Gasteiger partial charge in [-0.3, -0.25) is 0 Å². The molecule has 0 unspecified atom stereocenters. The Labute approximate surface area is 147 Å². The molecule has 1 N–H and O–H groups in total. The van der Waals surface area contributed by atoms with Gasteiger partial charge < -0.3 is 0 Å². The molecule has 136 valence electrons. The predicted octanol–water partition coefficient (Wildman–Crippen LogP) is 1.73. The van der Waals surface area contributed by atoms with Crippen LogP contribution in [0, 0.1) is 12.7 Å². The lowest BCUT2D eigenvalue weighted by Crippen LogP contribution is -2.36. The number of hydrogen-bond donors (Lipinski definition) is 1. The van der Waals surface area contributed by atoms with Crippen molar-refractivity contribution in [1.82, 2.24) is 9.03 Å². The highest BCUT2D eigenvalue weighted by Gasteiger charge is 2.21. The van der Waals surface area contributed by atoms with Crippen molar-refractivity contribution >= 4 is 20.0 Å². The van der Waals surface area contributed by atoms with E-state index in [1.165, 1.54) is 19.2 Å². The summed E-state index contributed by atoms with van der Waals surface area (Å²) >= 11 is 0. The summed E-state index contributed by atoms with van der Waals surface area (Å²) in [5.41, 5.74) is 0.939. The number of likely N-dealkylation sites (N-methyl/N-ethyl adjacent to an activating group) is 1. The molecule has 6 nitrogen and oxygen atoms in total. The van der Waals surface area contributed by atoms with Crippen molar-refractivity contribution in [2.45, 2.75) is 16.7 Å². The lowest BCUT2D eigenvalue weighted by atomic mass is 10.2. The molecule has 0 bridgehead atoms. The summed E-state index contributed by atoms with van der Waals surface area (Å²) in [6.07, 6.45) is 0. The summed E-state index contributed by atoms with van der Waals surface area (Å²) in [4.78, 5) is 0.0555. The number of nitrogens with zero attached hydrogens (tertiary/aromatic N) is 1. The lowest BCUT2D eigenvalue weighted by Gasteiger charge is -2.17. The van der Waals surface area contributed by atoms with E-state index >= 15 is 0 Å². The van der Waals surface area contributed by atoms with E-state index in [1.807, 2.05) is 6.92 Å². The molecule has 0 aliphatic carbocycles. The van der Waals surface area contributed by atoms with Crippen molar-refractivity contribution < 1.29 is 21.2 Å². The van der Waals surface area contributed by atoms with Crippen LogP contribution in [0.1, 0.15) is 5.56 Å². The van der Waals surface area contributed by atoms with Gasteiger partial charge in [0.05, 0.1) is 9.79 Å². The number of aryl methyl sites for hydroxylation is 1. The van der Waals surface area contributed by atoms with Gasteiger partial charge in [-0.1, -0.05) is 17.7 Å². The Morgan fingerprint density at radius 1 is 0.920 bits per heavy atom. The van der Waals surface area contributed by atoms with Crippen molar-refractivity contribution in [2.24, 2.45) is 0 Å². The van der Waals surface area contributed by atoms with Gasteiger partial charge in [-0.2, -0.15) is 4.31 Å². The van der Waals surface area contributed by atoms with Crippen LogP contribution >= 0.6 is 0 Å². The predicted molar refractivity (Wildman–Crippen MR) is 92.6 cm³/mol. The van der Waals surface area contributed by atoms with E-state index in [0.29, 0.717) is 0 Å². The molecular formula is C16H19FN2O4S2. The Balaban J connectivity index is 2.00. The van der Waals surface area contributed by atoms with Gasteiger partial charge >= 0.3 is 0 Å². The smallest absolute Gasteiger partial charge is 0.210 e. The minimum atomic E-state index is -3.83. The molecule has 0 saturated carbocycles. The molecule has 0 heterocycles. The number of rotatable bonds is 7. The highest BCUT2D eigenvalue weighted by molar-refractivity contribution is 7.89. The summed E-state index contributed by atoms with van der Waals surface area (Å²) in [6, 6.07) is 10.8. The Kier molecular flexibility index (Phi) is 5.94. The SMILES string of the molecule is Cc1ccc(S(=O)(=O)N(C)CCNS(=O)(=O)c2ccc(F)cc2)cc1. The summed E-state index contributed by atoms with van der Waals surface area (Å²) in [6.45, 7) is 1.70. The van der Waals surface area contributed by atoms with Gasteiger partial charge in [0.25, 0.3) is 0 Å². The number of nitrogens with one attached hydrogen (secondary N) is 1. The monoisotopic (exact) mass is 386 g/mol. The molecule has 0 aliphatic heterocycles. The number of benzene rings is 2. The normalized spacial score (nSPS) is 12.5. The molecule has 0 fully saturated rings. The fourth-order valence-corrected chi connectivity index (χ4v) is 4.24. The van der Waals surface area contributed by atoms with E-state index in [2.05, 4.69) is 4.72 Å². The number of halogens is 1. The van der Waals surface area contributed by atoms with Gasteiger partial charge in [0.1, 0.15) is 5.82 Å². The minimum absolute atomic E-state index is 0.0450. The second kappa shape index (κ2) is 7.61. The zero-order valence-electron chi connectivity index (χ0n) is 13.8. The van der Waals surface area contributed by atoms with Crippen molar-refractivity contribution in [3.63, 3.8) is 0 Å². The number of sulfonamides is 2. The molecular weight excluding hydrogens is 367 g/mol. The molecule has 0 spiro atoms. The van der Waals surface area contributed by atoms with Gasteiger partial charge in [0, 0.05) is 20.1 Å². The summed E-state index contributed by atoms with van der Waals surface area (Å²) in [5.74, 6) is -0.539. The van der Waals surface area contributed by atoms with Crippen LogP contribution < -0.4 is 4.72 Å². The second-order valence-corrected chi connectivity index (χ2v) is 9.30. The molecule has 25 heavy (non-hydrogen) atoms. The Morgan fingerprint density at radius 2 is 1.44 bits per heavy atom. The zero-order chi connectivity index (χ0) is 18.7. The molecule has 0 aromatic heterocycles. The molecule has 0 amide bonds. The Morgan fingerprint density at radius 3 is 2.00 bits per heavy atom. The van der Waals surface area contributed by atoms with E-state index < -0.39 is 25.9 Å². The van der Waals surface area contributed by atoms with Crippen molar-refractivity contribution in [3.8, 4) is 0 Å². The zero-order valence-corrected chi connectivity index (χ0v) is 15.4. The van der Waals surface area contributed by atoms with Crippen LogP contribution in [-0.4, -0.2) is 41.3 Å². The number of hydrogen-bond acceptors (Lipinski definition) is 4. The van der Waals surface area contributed by atoms with Crippen LogP contribution in [0.5, 0.6) is 0 Å². The van der Waals surface area contributed by atoms with Gasteiger partial charge in [-0.05, 0) is 43.3 Å². The molecule has 2 rings (SSSR count). The molecule has 0 atom stereocenters. The second-order valence-electron chi connectivity index (χ2n) is 5.49. The van der Waals surface area contributed by atoms with Crippen LogP contribution in [-0.2, 0) is 20.0 Å². The summed E-state index contributed by atoms with van der Waals surface area (Å²) < 4.78 is 65.2. The molecule has 2 aromatic rings. The molecule has 0 saturated heterocycles. The van der Waals surface area contributed by atoms with Gasteiger partial charge in [-0.15, -0.1) is 0 Å². The van der Waals surface area contributed by atoms with E-state index in [9.17, 15) is 21.2 Å². The molecule has 0 aliphatic rings. The first-order chi connectivity index (χ1) is 11.6. The first kappa shape index (κ1) is 19.5. The third-order valence-electron chi connectivity index (χ3n) is 3.57. The third-order valence-corrected chi connectivity index (χ3v) is 6.92. The maximum absolute atomic E-state index is 12.9. The van der Waals surface area contributed by atoms with Crippen molar-refractivity contribution in [2.75, 3.05) is 20.1 Å². The van der Waals surface area contributed by atoms with E-state index in [4.69, 9.17) is 0 Å². The van der Waals surface area contributed by atoms with Crippen LogP contribution in [0.4, 0.5) is 4.39 Å². The first-order valence-electron chi connectivity index (χ1n) is 7.41. The Hall–Kier alpha value is -1.81. The Bertz CT molecular complexity index is 925. The molecule has 0 radical (unpaired) electrons. The van der Waals surface area contributed by atoms with Crippen LogP contribution in [0.15, 0.2) is 58.3 Å². The maximum atomic E-state index is 12.9. The van der Waals surface area contributed by atoms with Crippen molar-refractivity contribution in [1.29, 1.82) is 0 Å². The van der Waals surface area contributed by atoms with E-state index in [-0.39, 0.29) is 22.9 Å². The average molecular weight is 386 g/mol. The summed E-state index contributed by atoms with van der Waals surface area (Å²) in [5, 5.41) is 0. The molecule has 9 heteroatoms. The van der Waals surface area contributed by atoms with Gasteiger partial charge in [-0.25, -0.2) is 25.9 Å². The topological polar surface area (TPSA) is 83.6 Å². The van der Waals surface area contributed by atoms with Crippen LogP contribution in [0.2, 0.25) is 0 Å². The van der Waals surface area contributed by atoms with Crippen LogP contribution in [0.3, 0.4) is 0 Å². The fourth-order valence-electron chi connectivity index (χ4n) is 2.04. The van der Waals surface area contributed by atoms with Crippen LogP contribution in [0.25, 0.3) is 0 Å². The lowest BCUT2D eigenvalue weighted by molar-refractivity contribution is 0.469. The minimum Gasteiger partial charge on any atom is -0.210 e. The van der Waals surface area contributed by atoms with E-state index in [1.54, 1.807) is 12.1 Å². The van der Waals surface area contributed by atoms with E-state index in [0.717, 1.165) is 34.1 Å². The largest absolute Gasteiger partial charge is 0.242 e. The van der Waals surface area contributed by atoms with Gasteiger partial charge in [0.2, 0.25) is 20.0 Å². The first-order valence-corrected chi connectivity index (χ1v) is 10.3. The summed E-state index contributed by atoms with van der Waals surface area (Å²) in [7, 11) is -6.15. The third kappa shape index (κ3) is 4.85. The fraction of sp³-hybridized carbons (Fsp3) is 0.250. The van der Waals surface area contributed by atoms with Crippen molar-refractivity contribution in [3.05, 3.63) is 59.9 Å². The standard InChI is InChI=1S/C16H19FN2O4S2/c1-13-3-7-16(8-4-13)25(22,23)19(2)12-11-18-24(20,21)15-9-5-14(17)6-10-15/h3-10,18H,11-12H2,1-2H3. The highest BCUT2D eigenvalue weighted by atomic mass is 32.2. The maximum Gasteiger partial charge on any atom is 0.242 e. The van der Waals surface area contributed by atoms with Gasteiger partial charge in [0.15, 0.2) is 0 Å². The highest BCUT2D eigenvalue weighted by Crippen LogP contribution is 2.15. The quantitative estimate of drug-likeness (QED) is 0.786. The average Bonchev–Trinajstić information content (AvgIpc) is 2.55. The molecule has 2 aromatic carbocycles.